The van der Waals surface area contributed by atoms with E-state index in [1.807, 2.05) is 18.2 Å². The third-order valence-electron chi connectivity index (χ3n) is 4.38. The molecule has 2 fully saturated rings. The highest BCUT2D eigenvalue weighted by molar-refractivity contribution is 6.30. The largest absolute Gasteiger partial charge is 0.481 e. The number of hydrazine groups is 1. The van der Waals surface area contributed by atoms with Crippen LogP contribution in [0.25, 0.3) is 0 Å². The summed E-state index contributed by atoms with van der Waals surface area (Å²) in [4.78, 5) is 13.4. The molecule has 0 spiro atoms. The van der Waals surface area contributed by atoms with Gasteiger partial charge in [0.15, 0.2) is 0 Å². The molecule has 1 aromatic rings. The molecule has 21 heavy (non-hydrogen) atoms. The number of carbonyl (C=O) groups is 1. The van der Waals surface area contributed by atoms with Crippen molar-refractivity contribution in [3.8, 4) is 0 Å². The summed E-state index contributed by atoms with van der Waals surface area (Å²) >= 11 is 6.04. The second-order valence-corrected chi connectivity index (χ2v) is 6.26. The van der Waals surface area contributed by atoms with E-state index in [4.69, 9.17) is 11.6 Å². The number of rotatable bonds is 3. The Morgan fingerprint density at radius 3 is 3.00 bits per heavy atom. The monoisotopic (exact) mass is 309 g/mol. The molecule has 3 atom stereocenters. The lowest BCUT2D eigenvalue weighted by atomic mass is 9.97. The fourth-order valence-corrected chi connectivity index (χ4v) is 3.41. The third kappa shape index (κ3) is 3.37. The second kappa shape index (κ2) is 6.32. The van der Waals surface area contributed by atoms with Crippen LogP contribution in [0, 0.1) is 5.92 Å². The Morgan fingerprint density at radius 2 is 2.24 bits per heavy atom. The van der Waals surface area contributed by atoms with E-state index in [1.165, 1.54) is 0 Å². The number of hydrogen-bond acceptors (Lipinski definition) is 4. The molecule has 2 heterocycles. The number of halogens is 1. The molecule has 3 rings (SSSR count). The van der Waals surface area contributed by atoms with Gasteiger partial charge in [-0.25, -0.2) is 10.9 Å². The molecular weight excluding hydrogens is 290 g/mol. The van der Waals surface area contributed by atoms with E-state index in [2.05, 4.69) is 21.8 Å². The van der Waals surface area contributed by atoms with Crippen LogP contribution in [0.2, 0.25) is 5.02 Å². The molecule has 0 saturated carbocycles. The van der Waals surface area contributed by atoms with Crippen LogP contribution in [-0.2, 0) is 4.79 Å². The zero-order valence-electron chi connectivity index (χ0n) is 11.8. The highest BCUT2D eigenvalue weighted by Crippen LogP contribution is 2.28. The summed E-state index contributed by atoms with van der Waals surface area (Å²) in [5, 5.41) is 9.92. The van der Waals surface area contributed by atoms with Gasteiger partial charge in [0.05, 0.1) is 12.1 Å². The van der Waals surface area contributed by atoms with Crippen molar-refractivity contribution in [1.29, 1.82) is 0 Å². The van der Waals surface area contributed by atoms with Crippen LogP contribution in [-0.4, -0.2) is 35.2 Å². The van der Waals surface area contributed by atoms with Crippen LogP contribution in [0.1, 0.15) is 30.9 Å². The topological polar surface area (TPSA) is 64.6 Å². The minimum Gasteiger partial charge on any atom is -0.481 e. The van der Waals surface area contributed by atoms with Crippen LogP contribution in [0.3, 0.4) is 0 Å². The average Bonchev–Trinajstić information content (AvgIpc) is 2.97. The van der Waals surface area contributed by atoms with E-state index in [0.717, 1.165) is 36.4 Å². The number of likely N-dealkylation sites (tertiary alicyclic amines) is 1. The number of piperidine rings is 1. The Balaban J connectivity index is 1.63. The summed E-state index contributed by atoms with van der Waals surface area (Å²) in [6.45, 7) is 1.57. The first kappa shape index (κ1) is 14.8. The number of carboxylic acid groups (broad SMARTS) is 1. The van der Waals surface area contributed by atoms with Crippen molar-refractivity contribution in [1.82, 2.24) is 15.8 Å². The lowest BCUT2D eigenvalue weighted by Crippen LogP contribution is -2.50. The zero-order valence-corrected chi connectivity index (χ0v) is 12.5. The summed E-state index contributed by atoms with van der Waals surface area (Å²) in [6.07, 6.45) is 2.81. The number of aliphatic carboxylic acids is 1. The number of nitrogens with one attached hydrogen (secondary N) is 2. The van der Waals surface area contributed by atoms with E-state index in [1.54, 1.807) is 0 Å². The molecule has 0 aromatic heterocycles. The third-order valence-corrected chi connectivity index (χ3v) is 4.61. The van der Waals surface area contributed by atoms with Crippen molar-refractivity contribution in [3.63, 3.8) is 0 Å². The Kier molecular flexibility index (Phi) is 4.45. The normalized spacial score (nSPS) is 30.4. The van der Waals surface area contributed by atoms with Crippen molar-refractivity contribution in [2.75, 3.05) is 13.1 Å². The summed E-state index contributed by atoms with van der Waals surface area (Å²) in [6, 6.07) is 8.06. The first-order valence-electron chi connectivity index (χ1n) is 7.37. The van der Waals surface area contributed by atoms with Gasteiger partial charge in [0, 0.05) is 17.6 Å². The first-order valence-corrected chi connectivity index (χ1v) is 7.74. The predicted octanol–water partition coefficient (Wildman–Crippen LogP) is 2.00. The Labute approximate surface area is 129 Å². The van der Waals surface area contributed by atoms with Gasteiger partial charge in [0.25, 0.3) is 0 Å². The van der Waals surface area contributed by atoms with Crippen molar-refractivity contribution >= 4 is 17.6 Å². The minimum absolute atomic E-state index is 0.177. The smallest absolute Gasteiger partial charge is 0.307 e. The van der Waals surface area contributed by atoms with Crippen molar-refractivity contribution < 1.29 is 9.90 Å². The molecular formula is C15H20ClN3O2. The van der Waals surface area contributed by atoms with Crippen LogP contribution in [0.15, 0.2) is 24.3 Å². The maximum atomic E-state index is 11.2. The standard InChI is InChI=1S/C15H20ClN3O2/c16-12-5-1-3-10(7-12)13-8-14(18-17-13)19-6-2-4-11(9-19)15(20)21/h1,3,5,7,11,13-14,17-18H,2,4,6,8-9H2,(H,20,21). The molecule has 5 nitrogen and oxygen atoms in total. The van der Waals surface area contributed by atoms with Crippen LogP contribution < -0.4 is 10.9 Å². The molecule has 0 bridgehead atoms. The molecule has 0 amide bonds. The molecule has 2 aliphatic rings. The molecule has 2 aliphatic heterocycles. The lowest BCUT2D eigenvalue weighted by Gasteiger charge is -2.34. The van der Waals surface area contributed by atoms with Gasteiger partial charge >= 0.3 is 5.97 Å². The highest BCUT2D eigenvalue weighted by Gasteiger charge is 2.34. The van der Waals surface area contributed by atoms with Gasteiger partial charge in [-0.05, 0) is 43.5 Å². The van der Waals surface area contributed by atoms with Crippen LogP contribution >= 0.6 is 11.6 Å². The highest BCUT2D eigenvalue weighted by atomic mass is 35.5. The predicted molar refractivity (Wildman–Crippen MR) is 80.8 cm³/mol. The maximum absolute atomic E-state index is 11.2. The molecule has 0 aliphatic carbocycles. The summed E-state index contributed by atoms with van der Waals surface area (Å²) in [5.74, 6) is -0.928. The summed E-state index contributed by atoms with van der Waals surface area (Å²) in [5.41, 5.74) is 7.74. The van der Waals surface area contributed by atoms with E-state index >= 15 is 0 Å². The van der Waals surface area contributed by atoms with Gasteiger partial charge in [-0.1, -0.05) is 23.7 Å². The van der Waals surface area contributed by atoms with Crippen molar-refractivity contribution in [3.05, 3.63) is 34.9 Å². The van der Waals surface area contributed by atoms with E-state index < -0.39 is 5.97 Å². The molecule has 3 unspecified atom stereocenters. The summed E-state index contributed by atoms with van der Waals surface area (Å²) < 4.78 is 0. The first-order chi connectivity index (χ1) is 10.1. The summed E-state index contributed by atoms with van der Waals surface area (Å²) in [7, 11) is 0. The van der Waals surface area contributed by atoms with Crippen LogP contribution in [0.4, 0.5) is 0 Å². The number of benzene rings is 1. The molecule has 0 radical (unpaired) electrons. The Bertz CT molecular complexity index is 525. The fourth-order valence-electron chi connectivity index (χ4n) is 3.21. The van der Waals surface area contributed by atoms with Crippen LogP contribution in [0.5, 0.6) is 0 Å². The quantitative estimate of drug-likeness (QED) is 0.797. The van der Waals surface area contributed by atoms with Gasteiger partial charge in [0.2, 0.25) is 0 Å². The number of carboxylic acids is 1. The van der Waals surface area contributed by atoms with E-state index in [0.29, 0.717) is 6.54 Å². The minimum atomic E-state index is -0.683. The molecule has 114 valence electrons. The zero-order chi connectivity index (χ0) is 14.8. The molecule has 2 saturated heterocycles. The van der Waals surface area contributed by atoms with E-state index in [-0.39, 0.29) is 18.1 Å². The number of nitrogens with zero attached hydrogens (tertiary/aromatic N) is 1. The second-order valence-electron chi connectivity index (χ2n) is 5.82. The van der Waals surface area contributed by atoms with Gasteiger partial charge in [0.1, 0.15) is 0 Å². The number of hydrogen-bond donors (Lipinski definition) is 3. The Morgan fingerprint density at radius 1 is 1.38 bits per heavy atom. The van der Waals surface area contributed by atoms with E-state index in [9.17, 15) is 9.90 Å². The SMILES string of the molecule is O=C(O)C1CCCN(C2CC(c3cccc(Cl)c3)NN2)C1. The van der Waals surface area contributed by atoms with Crippen molar-refractivity contribution in [2.24, 2.45) is 5.92 Å². The lowest BCUT2D eigenvalue weighted by molar-refractivity contribution is -0.144. The molecule has 6 heteroatoms. The molecule has 3 N–H and O–H groups in total. The maximum Gasteiger partial charge on any atom is 0.307 e. The van der Waals surface area contributed by atoms with Gasteiger partial charge in [-0.15, -0.1) is 0 Å². The fraction of sp³-hybridized carbons (Fsp3) is 0.533. The Hall–Kier alpha value is -1.14. The molecule has 1 aromatic carbocycles. The van der Waals surface area contributed by atoms with Gasteiger partial charge in [-0.3, -0.25) is 9.69 Å². The average molecular weight is 310 g/mol. The van der Waals surface area contributed by atoms with Crippen molar-refractivity contribution in [2.45, 2.75) is 31.5 Å². The van der Waals surface area contributed by atoms with Gasteiger partial charge in [-0.2, -0.15) is 0 Å². The van der Waals surface area contributed by atoms with Gasteiger partial charge < -0.3 is 5.11 Å².